The first-order chi connectivity index (χ1) is 11.6. The molecule has 1 aliphatic heterocycles. The highest BCUT2D eigenvalue weighted by Gasteiger charge is 2.31. The van der Waals surface area contributed by atoms with Gasteiger partial charge in [-0.3, -0.25) is 9.59 Å². The Morgan fingerprint density at radius 2 is 1.88 bits per heavy atom. The first-order valence-electron chi connectivity index (χ1n) is 8.02. The lowest BCUT2D eigenvalue weighted by Crippen LogP contribution is -2.37. The lowest BCUT2D eigenvalue weighted by Gasteiger charge is -2.18. The summed E-state index contributed by atoms with van der Waals surface area (Å²) in [6.45, 7) is 1.28. The molecular formula is C18H22N2O4. The van der Waals surface area contributed by atoms with Crippen LogP contribution in [0.2, 0.25) is 0 Å². The van der Waals surface area contributed by atoms with Crippen molar-refractivity contribution in [2.75, 3.05) is 27.3 Å². The van der Waals surface area contributed by atoms with E-state index in [1.807, 2.05) is 12.1 Å². The highest BCUT2D eigenvalue weighted by atomic mass is 16.5. The summed E-state index contributed by atoms with van der Waals surface area (Å²) in [6, 6.07) is 7.29. The fourth-order valence-corrected chi connectivity index (χ4v) is 2.83. The van der Waals surface area contributed by atoms with Crippen LogP contribution < -0.4 is 9.47 Å². The largest absolute Gasteiger partial charge is 0.493 e. The fourth-order valence-electron chi connectivity index (χ4n) is 2.83. The average Bonchev–Trinajstić information content (AvgIpc) is 3.14. The van der Waals surface area contributed by atoms with E-state index in [1.54, 1.807) is 31.3 Å². The van der Waals surface area contributed by atoms with Gasteiger partial charge in [-0.2, -0.15) is 5.26 Å². The smallest absolute Gasteiger partial charge is 0.247 e. The van der Waals surface area contributed by atoms with Crippen molar-refractivity contribution in [3.63, 3.8) is 0 Å². The molecule has 1 aromatic carbocycles. The van der Waals surface area contributed by atoms with Gasteiger partial charge < -0.3 is 14.4 Å². The highest BCUT2D eigenvalue weighted by Crippen LogP contribution is 2.28. The molecule has 1 heterocycles. The number of nitrogens with zero attached hydrogens (tertiary/aromatic N) is 2. The maximum Gasteiger partial charge on any atom is 0.247 e. The van der Waals surface area contributed by atoms with Crippen molar-refractivity contribution in [2.45, 2.75) is 25.7 Å². The molecule has 2 rings (SSSR count). The Hall–Kier alpha value is -2.55. The van der Waals surface area contributed by atoms with Gasteiger partial charge in [-0.25, -0.2) is 0 Å². The SMILES string of the molecule is COc1ccc(CCC(=O)[C@H](C#N)C(=O)N2CCCC2)cc1OC. The van der Waals surface area contributed by atoms with Gasteiger partial charge in [0.25, 0.3) is 0 Å². The maximum atomic E-state index is 12.3. The van der Waals surface area contributed by atoms with Gasteiger partial charge >= 0.3 is 0 Å². The topological polar surface area (TPSA) is 79.6 Å². The van der Waals surface area contributed by atoms with Crippen molar-refractivity contribution in [3.05, 3.63) is 23.8 Å². The maximum absolute atomic E-state index is 12.3. The average molecular weight is 330 g/mol. The predicted octanol–water partition coefficient (Wildman–Crippen LogP) is 1.97. The third-order valence-corrected chi connectivity index (χ3v) is 4.22. The molecule has 1 fully saturated rings. The lowest BCUT2D eigenvalue weighted by molar-refractivity contribution is -0.138. The number of amides is 1. The molecule has 0 radical (unpaired) electrons. The summed E-state index contributed by atoms with van der Waals surface area (Å²) in [5, 5.41) is 9.22. The van der Waals surface area contributed by atoms with E-state index in [4.69, 9.17) is 9.47 Å². The van der Waals surface area contributed by atoms with Crippen LogP contribution in [-0.4, -0.2) is 43.9 Å². The number of Topliss-reactive ketones (excluding diaryl/α,β-unsaturated/α-hetero) is 1. The van der Waals surface area contributed by atoms with Gasteiger partial charge in [-0.1, -0.05) is 6.07 Å². The molecule has 0 aliphatic carbocycles. The van der Waals surface area contributed by atoms with Gasteiger partial charge in [0.05, 0.1) is 20.3 Å². The number of hydrogen-bond donors (Lipinski definition) is 0. The summed E-state index contributed by atoms with van der Waals surface area (Å²) in [4.78, 5) is 26.2. The number of hydrogen-bond acceptors (Lipinski definition) is 5. The van der Waals surface area contributed by atoms with E-state index >= 15 is 0 Å². The van der Waals surface area contributed by atoms with E-state index in [1.165, 1.54) is 0 Å². The second-order valence-electron chi connectivity index (χ2n) is 5.75. The van der Waals surface area contributed by atoms with Gasteiger partial charge in [-0.05, 0) is 37.0 Å². The van der Waals surface area contributed by atoms with Crippen LogP contribution in [0.5, 0.6) is 11.5 Å². The molecule has 128 valence electrons. The number of likely N-dealkylation sites (tertiary alicyclic amines) is 1. The van der Waals surface area contributed by atoms with E-state index in [0.717, 1.165) is 18.4 Å². The van der Waals surface area contributed by atoms with Gasteiger partial charge in [0.2, 0.25) is 5.91 Å². The summed E-state index contributed by atoms with van der Waals surface area (Å²) in [5.41, 5.74) is 0.895. The number of ether oxygens (including phenoxy) is 2. The van der Waals surface area contributed by atoms with Crippen LogP contribution in [0, 0.1) is 17.2 Å². The van der Waals surface area contributed by atoms with Gasteiger partial charge in [-0.15, -0.1) is 0 Å². The Labute approximate surface area is 142 Å². The van der Waals surface area contributed by atoms with Crippen molar-refractivity contribution < 1.29 is 19.1 Å². The summed E-state index contributed by atoms with van der Waals surface area (Å²) in [7, 11) is 3.11. The lowest BCUT2D eigenvalue weighted by atomic mass is 9.97. The van der Waals surface area contributed by atoms with Crippen LogP contribution in [0.3, 0.4) is 0 Å². The fraction of sp³-hybridized carbons (Fsp3) is 0.500. The molecule has 6 nitrogen and oxygen atoms in total. The van der Waals surface area contributed by atoms with Crippen LogP contribution in [0.1, 0.15) is 24.8 Å². The van der Waals surface area contributed by atoms with E-state index in [2.05, 4.69) is 0 Å². The minimum absolute atomic E-state index is 0.146. The van der Waals surface area contributed by atoms with Crippen LogP contribution in [0.25, 0.3) is 0 Å². The summed E-state index contributed by atoms with van der Waals surface area (Å²) >= 11 is 0. The number of aryl methyl sites for hydroxylation is 1. The zero-order chi connectivity index (χ0) is 17.5. The highest BCUT2D eigenvalue weighted by molar-refractivity contribution is 6.04. The predicted molar refractivity (Wildman–Crippen MR) is 87.8 cm³/mol. The van der Waals surface area contributed by atoms with Crippen LogP contribution >= 0.6 is 0 Å². The van der Waals surface area contributed by atoms with Crippen LogP contribution in [0.4, 0.5) is 0 Å². The molecule has 0 spiro atoms. The molecule has 1 aromatic rings. The van der Waals surface area contributed by atoms with Crippen LogP contribution in [-0.2, 0) is 16.0 Å². The molecular weight excluding hydrogens is 308 g/mol. The molecule has 0 unspecified atom stereocenters. The van der Waals surface area contributed by atoms with Crippen molar-refractivity contribution in [1.82, 2.24) is 4.90 Å². The van der Waals surface area contributed by atoms with E-state index in [9.17, 15) is 14.9 Å². The number of carbonyl (C=O) groups excluding carboxylic acids is 2. The molecule has 1 amide bonds. The molecule has 6 heteroatoms. The Morgan fingerprint density at radius 3 is 2.46 bits per heavy atom. The molecule has 0 saturated carbocycles. The van der Waals surface area contributed by atoms with Gasteiger partial charge in [0.15, 0.2) is 23.2 Å². The zero-order valence-electron chi connectivity index (χ0n) is 14.1. The zero-order valence-corrected chi connectivity index (χ0v) is 14.1. The van der Waals surface area contributed by atoms with Crippen molar-refractivity contribution in [1.29, 1.82) is 5.26 Å². The Kier molecular flexibility index (Phi) is 6.19. The quantitative estimate of drug-likeness (QED) is 0.714. The Bertz CT molecular complexity index is 645. The van der Waals surface area contributed by atoms with Crippen molar-refractivity contribution >= 4 is 11.7 Å². The summed E-state index contributed by atoms with van der Waals surface area (Å²) in [6.07, 6.45) is 2.46. The molecule has 1 atom stereocenters. The monoisotopic (exact) mass is 330 g/mol. The third kappa shape index (κ3) is 4.05. The minimum atomic E-state index is -1.19. The molecule has 1 aliphatic rings. The normalized spacial score (nSPS) is 14.8. The number of rotatable bonds is 7. The number of nitriles is 1. The first-order valence-corrected chi connectivity index (χ1v) is 8.02. The molecule has 0 bridgehead atoms. The van der Waals surface area contributed by atoms with Crippen molar-refractivity contribution in [3.8, 4) is 17.6 Å². The van der Waals surface area contributed by atoms with Crippen molar-refractivity contribution in [2.24, 2.45) is 5.92 Å². The summed E-state index contributed by atoms with van der Waals surface area (Å²) < 4.78 is 10.4. The molecule has 24 heavy (non-hydrogen) atoms. The third-order valence-electron chi connectivity index (χ3n) is 4.22. The molecule has 0 N–H and O–H groups in total. The number of carbonyl (C=O) groups is 2. The van der Waals surface area contributed by atoms with E-state index in [0.29, 0.717) is 31.0 Å². The van der Waals surface area contributed by atoms with Gasteiger partial charge in [0, 0.05) is 19.5 Å². The second kappa shape index (κ2) is 8.34. The van der Waals surface area contributed by atoms with E-state index in [-0.39, 0.29) is 18.1 Å². The van der Waals surface area contributed by atoms with Gasteiger partial charge in [0.1, 0.15) is 0 Å². The number of methoxy groups -OCH3 is 2. The number of ketones is 1. The summed E-state index contributed by atoms with van der Waals surface area (Å²) in [5.74, 6) is -0.668. The molecule has 1 saturated heterocycles. The molecule has 0 aromatic heterocycles. The number of benzene rings is 1. The first kappa shape index (κ1) is 17.8. The van der Waals surface area contributed by atoms with E-state index < -0.39 is 5.92 Å². The Balaban J connectivity index is 1.98. The van der Waals surface area contributed by atoms with Crippen LogP contribution in [0.15, 0.2) is 18.2 Å². The second-order valence-corrected chi connectivity index (χ2v) is 5.75. The standard InChI is InChI=1S/C18H22N2O4/c1-23-16-8-6-13(11-17(16)24-2)5-7-15(21)14(12-19)18(22)20-9-3-4-10-20/h6,8,11,14H,3-5,7,9-10H2,1-2H3/t14-/m0/s1. The Morgan fingerprint density at radius 1 is 1.21 bits per heavy atom. The minimum Gasteiger partial charge on any atom is -0.493 e.